The molecule has 0 aliphatic carbocycles. The number of hydrogen-bond donors (Lipinski definition) is 1. The van der Waals surface area contributed by atoms with E-state index in [1.165, 1.54) is 0 Å². The van der Waals surface area contributed by atoms with Crippen molar-refractivity contribution >= 4 is 0 Å². The minimum absolute atomic E-state index is 0.376. The molecule has 2 nitrogen and oxygen atoms in total. The summed E-state index contributed by atoms with van der Waals surface area (Å²) in [6.45, 7) is 5.22. The van der Waals surface area contributed by atoms with Gasteiger partial charge in [-0.1, -0.05) is 13.8 Å². The molecule has 1 aliphatic heterocycles. The molecule has 1 aliphatic rings. The zero-order valence-electron chi connectivity index (χ0n) is 6.84. The van der Waals surface area contributed by atoms with Gasteiger partial charge in [-0.25, -0.2) is 0 Å². The minimum Gasteiger partial charge on any atom is -0.378 e. The maximum atomic E-state index is 5.78. The molecule has 60 valence electrons. The molecule has 0 amide bonds. The van der Waals surface area contributed by atoms with Gasteiger partial charge in [-0.3, -0.25) is 0 Å². The lowest BCUT2D eigenvalue weighted by Gasteiger charge is -2.29. The first-order valence-electron chi connectivity index (χ1n) is 4.07. The fourth-order valence-electron chi connectivity index (χ4n) is 1.32. The highest BCUT2D eigenvalue weighted by Crippen LogP contribution is 2.18. The lowest BCUT2D eigenvalue weighted by Crippen LogP contribution is -2.37. The van der Waals surface area contributed by atoms with Gasteiger partial charge < -0.3 is 10.5 Å². The van der Waals surface area contributed by atoms with E-state index in [9.17, 15) is 0 Å². The summed E-state index contributed by atoms with van der Waals surface area (Å²) in [5, 5.41) is 0. The molecule has 0 aromatic carbocycles. The van der Waals surface area contributed by atoms with Crippen LogP contribution in [0.15, 0.2) is 0 Å². The van der Waals surface area contributed by atoms with Gasteiger partial charge in [0.1, 0.15) is 0 Å². The van der Waals surface area contributed by atoms with Crippen molar-refractivity contribution in [1.82, 2.24) is 0 Å². The second-order valence-electron chi connectivity index (χ2n) is 3.44. The summed E-state index contributed by atoms with van der Waals surface area (Å²) < 4.78 is 5.53. The lowest BCUT2D eigenvalue weighted by atomic mass is 9.96. The van der Waals surface area contributed by atoms with Crippen molar-refractivity contribution in [2.45, 2.75) is 38.8 Å². The maximum Gasteiger partial charge on any atom is 0.0612 e. The largest absolute Gasteiger partial charge is 0.378 e. The summed E-state index contributed by atoms with van der Waals surface area (Å²) in [6.07, 6.45) is 2.48. The van der Waals surface area contributed by atoms with Gasteiger partial charge >= 0.3 is 0 Å². The maximum absolute atomic E-state index is 5.78. The molecular weight excluding hydrogens is 126 g/mol. The van der Waals surface area contributed by atoms with Crippen LogP contribution in [0, 0.1) is 5.92 Å². The Hall–Kier alpha value is -0.0800. The average Bonchev–Trinajstić information content (AvgIpc) is 1.88. The fourth-order valence-corrected chi connectivity index (χ4v) is 1.32. The van der Waals surface area contributed by atoms with Crippen LogP contribution < -0.4 is 5.73 Å². The van der Waals surface area contributed by atoms with Crippen molar-refractivity contribution in [1.29, 1.82) is 0 Å². The molecule has 2 atom stereocenters. The number of rotatable bonds is 1. The van der Waals surface area contributed by atoms with Crippen molar-refractivity contribution in [3.8, 4) is 0 Å². The molecule has 10 heavy (non-hydrogen) atoms. The van der Waals surface area contributed by atoms with Crippen molar-refractivity contribution in [2.75, 3.05) is 6.61 Å². The molecule has 0 bridgehead atoms. The van der Waals surface area contributed by atoms with Gasteiger partial charge in [0.05, 0.1) is 6.10 Å². The van der Waals surface area contributed by atoms with Gasteiger partial charge in [-0.15, -0.1) is 0 Å². The third-order valence-electron chi connectivity index (χ3n) is 2.10. The predicted octanol–water partition coefficient (Wildman–Crippen LogP) is 1.15. The van der Waals surface area contributed by atoms with Crippen LogP contribution in [0.25, 0.3) is 0 Å². The Balaban J connectivity index is 2.32. The predicted molar refractivity (Wildman–Crippen MR) is 41.8 cm³/mol. The summed E-state index contributed by atoms with van der Waals surface area (Å²) in [6, 6.07) is 0.376. The van der Waals surface area contributed by atoms with E-state index in [1.807, 2.05) is 0 Å². The van der Waals surface area contributed by atoms with Gasteiger partial charge in [0.25, 0.3) is 0 Å². The monoisotopic (exact) mass is 143 g/mol. The quantitative estimate of drug-likeness (QED) is 0.597. The van der Waals surface area contributed by atoms with Crippen LogP contribution in [-0.4, -0.2) is 18.8 Å². The Morgan fingerprint density at radius 3 is 2.60 bits per heavy atom. The smallest absolute Gasteiger partial charge is 0.0612 e. The molecule has 0 saturated carbocycles. The molecule has 1 fully saturated rings. The second kappa shape index (κ2) is 3.35. The molecule has 0 aromatic rings. The molecular formula is C8H17NO. The van der Waals surface area contributed by atoms with Crippen LogP contribution in [0.3, 0.4) is 0 Å². The third kappa shape index (κ3) is 1.96. The van der Waals surface area contributed by atoms with Crippen LogP contribution in [0.5, 0.6) is 0 Å². The molecule has 2 N–H and O–H groups in total. The molecule has 2 heteroatoms. The normalized spacial score (nSPS) is 34.8. The van der Waals surface area contributed by atoms with Gasteiger partial charge in [0, 0.05) is 12.6 Å². The SMILES string of the molecule is CC(C)[C@H]1C[C@@H](N)CCO1. The first-order valence-corrected chi connectivity index (χ1v) is 4.07. The van der Waals surface area contributed by atoms with E-state index in [2.05, 4.69) is 13.8 Å². The van der Waals surface area contributed by atoms with Crippen molar-refractivity contribution in [3.05, 3.63) is 0 Å². The topological polar surface area (TPSA) is 35.2 Å². The molecule has 1 heterocycles. The summed E-state index contributed by atoms with van der Waals surface area (Å²) >= 11 is 0. The van der Waals surface area contributed by atoms with Gasteiger partial charge in [0.15, 0.2) is 0 Å². The van der Waals surface area contributed by atoms with Gasteiger partial charge in [-0.2, -0.15) is 0 Å². The van der Waals surface area contributed by atoms with Crippen molar-refractivity contribution < 1.29 is 4.74 Å². The van der Waals surface area contributed by atoms with E-state index in [1.54, 1.807) is 0 Å². The Morgan fingerprint density at radius 2 is 2.20 bits per heavy atom. The Bertz CT molecular complexity index is 103. The summed E-state index contributed by atoms with van der Waals surface area (Å²) in [4.78, 5) is 0. The highest BCUT2D eigenvalue weighted by atomic mass is 16.5. The van der Waals surface area contributed by atoms with E-state index in [0.29, 0.717) is 18.1 Å². The molecule has 1 saturated heterocycles. The zero-order valence-corrected chi connectivity index (χ0v) is 6.84. The number of ether oxygens (including phenoxy) is 1. The average molecular weight is 143 g/mol. The standard InChI is InChI=1S/C8H17NO/c1-6(2)8-5-7(9)3-4-10-8/h6-8H,3-5,9H2,1-2H3/t7-,8+/m0/s1. The molecule has 0 unspecified atom stereocenters. The van der Waals surface area contributed by atoms with E-state index in [0.717, 1.165) is 19.4 Å². The second-order valence-corrected chi connectivity index (χ2v) is 3.44. The van der Waals surface area contributed by atoms with Crippen LogP contribution >= 0.6 is 0 Å². The lowest BCUT2D eigenvalue weighted by molar-refractivity contribution is -0.0188. The van der Waals surface area contributed by atoms with E-state index in [-0.39, 0.29) is 0 Å². The Morgan fingerprint density at radius 1 is 1.50 bits per heavy atom. The molecule has 0 radical (unpaired) electrons. The van der Waals surface area contributed by atoms with Crippen molar-refractivity contribution in [2.24, 2.45) is 11.7 Å². The summed E-state index contributed by atoms with van der Waals surface area (Å²) in [5.74, 6) is 0.617. The van der Waals surface area contributed by atoms with E-state index < -0.39 is 0 Å². The van der Waals surface area contributed by atoms with Gasteiger partial charge in [-0.05, 0) is 18.8 Å². The molecule has 0 aromatic heterocycles. The fraction of sp³-hybridized carbons (Fsp3) is 1.00. The van der Waals surface area contributed by atoms with Crippen LogP contribution in [-0.2, 0) is 4.74 Å². The van der Waals surface area contributed by atoms with Crippen LogP contribution in [0.1, 0.15) is 26.7 Å². The highest BCUT2D eigenvalue weighted by molar-refractivity contribution is 4.75. The first kappa shape index (κ1) is 8.02. The summed E-state index contributed by atoms with van der Waals surface area (Å²) in [7, 11) is 0. The number of hydrogen-bond acceptors (Lipinski definition) is 2. The van der Waals surface area contributed by atoms with E-state index >= 15 is 0 Å². The zero-order chi connectivity index (χ0) is 7.56. The molecule has 1 rings (SSSR count). The van der Waals surface area contributed by atoms with Crippen LogP contribution in [0.2, 0.25) is 0 Å². The minimum atomic E-state index is 0.376. The summed E-state index contributed by atoms with van der Waals surface area (Å²) in [5.41, 5.74) is 5.78. The Kier molecular flexibility index (Phi) is 2.69. The Labute approximate surface area is 62.7 Å². The van der Waals surface area contributed by atoms with Crippen LogP contribution in [0.4, 0.5) is 0 Å². The van der Waals surface area contributed by atoms with Crippen molar-refractivity contribution in [3.63, 3.8) is 0 Å². The van der Waals surface area contributed by atoms with Gasteiger partial charge in [0.2, 0.25) is 0 Å². The highest BCUT2D eigenvalue weighted by Gasteiger charge is 2.21. The molecule has 0 spiro atoms. The third-order valence-corrected chi connectivity index (χ3v) is 2.10. The first-order chi connectivity index (χ1) is 4.70. The number of nitrogens with two attached hydrogens (primary N) is 1. The van der Waals surface area contributed by atoms with E-state index in [4.69, 9.17) is 10.5 Å².